The number of carbonyl (C=O) groups is 3. The first kappa shape index (κ1) is 15.9. The van der Waals surface area contributed by atoms with E-state index in [2.05, 4.69) is 26.6 Å². The molecule has 0 aliphatic carbocycles. The summed E-state index contributed by atoms with van der Waals surface area (Å²) in [7, 11) is 0. The number of nitrogens with one attached hydrogen (secondary N) is 2. The van der Waals surface area contributed by atoms with Crippen LogP contribution in [0, 0.1) is 3.57 Å². The lowest BCUT2D eigenvalue weighted by atomic mass is 10.3. The van der Waals surface area contributed by atoms with E-state index in [-0.39, 0.29) is 12.8 Å². The first-order chi connectivity index (χ1) is 8.88. The van der Waals surface area contributed by atoms with Gasteiger partial charge < -0.3 is 10.4 Å². The van der Waals surface area contributed by atoms with Gasteiger partial charge in [-0.1, -0.05) is 15.9 Å². The number of carbonyl (C=O) groups excluding carboxylic acids is 2. The molecule has 0 bridgehead atoms. The van der Waals surface area contributed by atoms with Crippen LogP contribution < -0.4 is 10.6 Å². The Hall–Kier alpha value is -1.16. The molecule has 1 aromatic rings. The Labute approximate surface area is 131 Å². The summed E-state index contributed by atoms with van der Waals surface area (Å²) in [6, 6.07) is 4.63. The highest BCUT2D eigenvalue weighted by molar-refractivity contribution is 14.1. The summed E-state index contributed by atoms with van der Waals surface area (Å²) in [5.74, 6) is -1.72. The average molecular weight is 441 g/mol. The number of benzene rings is 1. The zero-order valence-electron chi connectivity index (χ0n) is 9.57. The van der Waals surface area contributed by atoms with Crippen molar-refractivity contribution in [2.24, 2.45) is 0 Å². The SMILES string of the molecule is O=C(O)CCC(=O)NC(=O)Nc1cc(Br)ccc1I. The van der Waals surface area contributed by atoms with Gasteiger partial charge in [0.1, 0.15) is 0 Å². The fraction of sp³-hybridized carbons (Fsp3) is 0.182. The maximum Gasteiger partial charge on any atom is 0.325 e. The molecule has 0 spiro atoms. The van der Waals surface area contributed by atoms with Crippen molar-refractivity contribution >= 4 is 62.1 Å². The Morgan fingerprint density at radius 3 is 2.58 bits per heavy atom. The first-order valence-electron chi connectivity index (χ1n) is 5.16. The van der Waals surface area contributed by atoms with Crippen molar-refractivity contribution in [2.75, 3.05) is 5.32 Å². The van der Waals surface area contributed by atoms with Gasteiger partial charge in [0, 0.05) is 14.5 Å². The molecule has 8 heteroatoms. The summed E-state index contributed by atoms with van der Waals surface area (Å²) in [6.45, 7) is 0. The highest BCUT2D eigenvalue weighted by Crippen LogP contribution is 2.22. The van der Waals surface area contributed by atoms with E-state index in [1.807, 2.05) is 28.7 Å². The highest BCUT2D eigenvalue weighted by Gasteiger charge is 2.11. The Morgan fingerprint density at radius 1 is 1.26 bits per heavy atom. The molecule has 0 heterocycles. The number of urea groups is 1. The molecule has 0 saturated carbocycles. The third-order valence-electron chi connectivity index (χ3n) is 2.00. The van der Waals surface area contributed by atoms with Gasteiger partial charge in [-0.3, -0.25) is 14.9 Å². The normalized spacial score (nSPS) is 9.79. The van der Waals surface area contributed by atoms with Crippen LogP contribution in [-0.4, -0.2) is 23.0 Å². The topological polar surface area (TPSA) is 95.5 Å². The molecule has 0 aliphatic rings. The fourth-order valence-corrected chi connectivity index (χ4v) is 1.99. The van der Waals surface area contributed by atoms with Crippen LogP contribution in [0.3, 0.4) is 0 Å². The second-order valence-electron chi connectivity index (χ2n) is 3.52. The molecule has 0 aromatic heterocycles. The quantitative estimate of drug-likeness (QED) is 0.627. The van der Waals surface area contributed by atoms with Gasteiger partial charge in [-0.15, -0.1) is 0 Å². The summed E-state index contributed by atoms with van der Waals surface area (Å²) in [6.07, 6.45) is -0.550. The third kappa shape index (κ3) is 6.01. The molecule has 0 atom stereocenters. The smallest absolute Gasteiger partial charge is 0.325 e. The molecule has 0 aliphatic heterocycles. The van der Waals surface area contributed by atoms with E-state index in [9.17, 15) is 14.4 Å². The van der Waals surface area contributed by atoms with Gasteiger partial charge in [0.05, 0.1) is 12.1 Å². The number of anilines is 1. The van der Waals surface area contributed by atoms with Crippen LogP contribution in [-0.2, 0) is 9.59 Å². The monoisotopic (exact) mass is 440 g/mol. The van der Waals surface area contributed by atoms with E-state index in [1.165, 1.54) is 0 Å². The lowest BCUT2D eigenvalue weighted by Gasteiger charge is -2.08. The Balaban J connectivity index is 2.53. The minimum Gasteiger partial charge on any atom is -0.481 e. The number of hydrogen-bond acceptors (Lipinski definition) is 3. The maximum absolute atomic E-state index is 11.5. The van der Waals surface area contributed by atoms with E-state index in [0.29, 0.717) is 5.69 Å². The summed E-state index contributed by atoms with van der Waals surface area (Å²) in [5, 5.41) is 13.0. The van der Waals surface area contributed by atoms with Crippen molar-refractivity contribution in [2.45, 2.75) is 12.8 Å². The van der Waals surface area contributed by atoms with Crippen molar-refractivity contribution in [1.29, 1.82) is 0 Å². The van der Waals surface area contributed by atoms with E-state index in [0.717, 1.165) is 8.04 Å². The van der Waals surface area contributed by atoms with E-state index in [4.69, 9.17) is 5.11 Å². The van der Waals surface area contributed by atoms with Crippen LogP contribution in [0.5, 0.6) is 0 Å². The molecule has 0 saturated heterocycles. The highest BCUT2D eigenvalue weighted by atomic mass is 127. The minimum absolute atomic E-state index is 0.238. The number of carboxylic acid groups (broad SMARTS) is 1. The van der Waals surface area contributed by atoms with Gasteiger partial charge in [0.25, 0.3) is 0 Å². The fourth-order valence-electron chi connectivity index (χ4n) is 1.16. The third-order valence-corrected chi connectivity index (χ3v) is 3.43. The Kier molecular flexibility index (Phi) is 6.22. The molecule has 6 nitrogen and oxygen atoms in total. The molecule has 19 heavy (non-hydrogen) atoms. The lowest BCUT2D eigenvalue weighted by molar-refractivity contribution is -0.138. The molecule has 0 radical (unpaired) electrons. The molecule has 0 unspecified atom stereocenters. The summed E-state index contributed by atoms with van der Waals surface area (Å²) in [5.41, 5.74) is 0.554. The Bertz CT molecular complexity index is 521. The van der Waals surface area contributed by atoms with Crippen LogP contribution in [0.25, 0.3) is 0 Å². The van der Waals surface area contributed by atoms with Crippen molar-refractivity contribution in [3.63, 3.8) is 0 Å². The van der Waals surface area contributed by atoms with Crippen molar-refractivity contribution in [3.8, 4) is 0 Å². The average Bonchev–Trinajstić information content (AvgIpc) is 2.31. The molecule has 1 aromatic carbocycles. The predicted octanol–water partition coefficient (Wildman–Crippen LogP) is 2.57. The number of hydrogen-bond donors (Lipinski definition) is 3. The number of amides is 3. The molecular formula is C11H10BrIN2O4. The van der Waals surface area contributed by atoms with Crippen molar-refractivity contribution in [1.82, 2.24) is 5.32 Å². The zero-order chi connectivity index (χ0) is 14.4. The second kappa shape index (κ2) is 7.43. The number of carboxylic acids is 1. The molecule has 1 rings (SSSR count). The summed E-state index contributed by atoms with van der Waals surface area (Å²) in [4.78, 5) is 33.1. The molecule has 102 valence electrons. The van der Waals surface area contributed by atoms with Gasteiger partial charge in [-0.2, -0.15) is 0 Å². The number of halogens is 2. The largest absolute Gasteiger partial charge is 0.481 e. The van der Waals surface area contributed by atoms with Crippen LogP contribution in [0.2, 0.25) is 0 Å². The maximum atomic E-state index is 11.5. The van der Waals surface area contributed by atoms with Crippen LogP contribution in [0.15, 0.2) is 22.7 Å². The van der Waals surface area contributed by atoms with E-state index >= 15 is 0 Å². The predicted molar refractivity (Wildman–Crippen MR) is 80.9 cm³/mol. The molecule has 3 amide bonds. The van der Waals surface area contributed by atoms with Crippen molar-refractivity contribution < 1.29 is 19.5 Å². The van der Waals surface area contributed by atoms with Gasteiger partial charge in [0.2, 0.25) is 5.91 Å². The van der Waals surface area contributed by atoms with Gasteiger partial charge in [0.15, 0.2) is 0 Å². The number of rotatable bonds is 4. The molecular weight excluding hydrogens is 431 g/mol. The zero-order valence-corrected chi connectivity index (χ0v) is 13.3. The second-order valence-corrected chi connectivity index (χ2v) is 5.60. The van der Waals surface area contributed by atoms with Crippen LogP contribution >= 0.6 is 38.5 Å². The molecule has 0 fully saturated rings. The lowest BCUT2D eigenvalue weighted by Crippen LogP contribution is -2.34. The standard InChI is InChI=1S/C11H10BrIN2O4/c12-6-1-2-7(13)8(5-6)14-11(19)15-9(16)3-4-10(17)18/h1-2,5H,3-4H2,(H,17,18)(H2,14,15,16,19). The minimum atomic E-state index is -1.09. The molecule has 3 N–H and O–H groups in total. The first-order valence-corrected chi connectivity index (χ1v) is 7.03. The number of imide groups is 1. The Morgan fingerprint density at radius 2 is 1.95 bits per heavy atom. The van der Waals surface area contributed by atoms with E-state index in [1.54, 1.807) is 12.1 Å². The van der Waals surface area contributed by atoms with E-state index < -0.39 is 17.9 Å². The van der Waals surface area contributed by atoms with Crippen LogP contribution in [0.1, 0.15) is 12.8 Å². The van der Waals surface area contributed by atoms with Gasteiger partial charge in [-0.25, -0.2) is 4.79 Å². The number of aliphatic carboxylic acids is 1. The van der Waals surface area contributed by atoms with Gasteiger partial charge in [-0.05, 0) is 40.8 Å². The van der Waals surface area contributed by atoms with Gasteiger partial charge >= 0.3 is 12.0 Å². The van der Waals surface area contributed by atoms with Crippen LogP contribution in [0.4, 0.5) is 10.5 Å². The summed E-state index contributed by atoms with van der Waals surface area (Å²) < 4.78 is 1.61. The van der Waals surface area contributed by atoms with Crippen molar-refractivity contribution in [3.05, 3.63) is 26.2 Å². The summed E-state index contributed by atoms with van der Waals surface area (Å²) >= 11 is 5.31.